The highest BCUT2D eigenvalue weighted by atomic mass is 35.5. The predicted octanol–water partition coefficient (Wildman–Crippen LogP) is 4.32. The zero-order valence-electron chi connectivity index (χ0n) is 10.6. The maximum atomic E-state index is 9.07. The van der Waals surface area contributed by atoms with Crippen molar-refractivity contribution in [3.63, 3.8) is 0 Å². The maximum absolute atomic E-state index is 9.07. The SMILES string of the molecule is COc1ccc(C#N)c(Oc2ccc(Cl)c(C)c2)c1. The third-order valence-corrected chi connectivity index (χ3v) is 3.09. The van der Waals surface area contributed by atoms with E-state index in [1.54, 1.807) is 37.4 Å². The molecule has 0 amide bonds. The molecular weight excluding hydrogens is 262 g/mol. The molecule has 3 nitrogen and oxygen atoms in total. The normalized spacial score (nSPS) is 9.79. The van der Waals surface area contributed by atoms with E-state index in [0.717, 1.165) is 5.56 Å². The molecule has 0 unspecified atom stereocenters. The monoisotopic (exact) mass is 273 g/mol. The average Bonchev–Trinajstić information content (AvgIpc) is 2.43. The molecule has 0 aliphatic carbocycles. The van der Waals surface area contributed by atoms with E-state index in [1.165, 1.54) is 0 Å². The van der Waals surface area contributed by atoms with Gasteiger partial charge in [-0.25, -0.2) is 0 Å². The van der Waals surface area contributed by atoms with E-state index in [0.29, 0.717) is 27.8 Å². The van der Waals surface area contributed by atoms with Crippen LogP contribution in [0.3, 0.4) is 0 Å². The summed E-state index contributed by atoms with van der Waals surface area (Å²) < 4.78 is 10.8. The third kappa shape index (κ3) is 2.98. The van der Waals surface area contributed by atoms with Crippen LogP contribution < -0.4 is 9.47 Å². The van der Waals surface area contributed by atoms with E-state index < -0.39 is 0 Å². The Balaban J connectivity index is 2.36. The first kappa shape index (κ1) is 13.3. The number of methoxy groups -OCH3 is 1. The molecule has 0 N–H and O–H groups in total. The van der Waals surface area contributed by atoms with Gasteiger partial charge in [0.2, 0.25) is 0 Å². The van der Waals surface area contributed by atoms with Gasteiger partial charge in [-0.2, -0.15) is 5.26 Å². The Kier molecular flexibility index (Phi) is 3.94. The first-order chi connectivity index (χ1) is 9.13. The number of ether oxygens (including phenoxy) is 2. The van der Waals surface area contributed by atoms with Gasteiger partial charge < -0.3 is 9.47 Å². The largest absolute Gasteiger partial charge is 0.497 e. The number of aryl methyl sites for hydroxylation is 1. The predicted molar refractivity (Wildman–Crippen MR) is 74.0 cm³/mol. The molecule has 0 aromatic heterocycles. The number of benzene rings is 2. The fraction of sp³-hybridized carbons (Fsp3) is 0.133. The topological polar surface area (TPSA) is 42.2 Å². The lowest BCUT2D eigenvalue weighted by Crippen LogP contribution is -1.91. The Hall–Kier alpha value is -2.18. The van der Waals surface area contributed by atoms with Crippen molar-refractivity contribution in [2.45, 2.75) is 6.92 Å². The van der Waals surface area contributed by atoms with Gasteiger partial charge in [0, 0.05) is 11.1 Å². The highest BCUT2D eigenvalue weighted by Gasteiger charge is 2.07. The number of hydrogen-bond acceptors (Lipinski definition) is 3. The van der Waals surface area contributed by atoms with Gasteiger partial charge in [-0.05, 0) is 42.8 Å². The minimum Gasteiger partial charge on any atom is -0.497 e. The maximum Gasteiger partial charge on any atom is 0.148 e. The van der Waals surface area contributed by atoms with Crippen LogP contribution in [0.4, 0.5) is 0 Å². The number of nitriles is 1. The van der Waals surface area contributed by atoms with Crippen molar-refractivity contribution in [2.75, 3.05) is 7.11 Å². The molecule has 0 saturated heterocycles. The standard InChI is InChI=1S/C15H12ClNO2/c1-10-7-13(5-6-14(10)16)19-15-8-12(18-2)4-3-11(15)9-17/h3-8H,1-2H3. The summed E-state index contributed by atoms with van der Waals surface area (Å²) in [6.45, 7) is 1.89. The number of rotatable bonds is 3. The molecule has 0 aliphatic heterocycles. The Morgan fingerprint density at radius 2 is 1.84 bits per heavy atom. The lowest BCUT2D eigenvalue weighted by Gasteiger charge is -2.10. The molecule has 0 saturated carbocycles. The molecule has 2 aromatic rings. The van der Waals surface area contributed by atoms with Gasteiger partial charge in [-0.15, -0.1) is 0 Å². The molecule has 0 bridgehead atoms. The van der Waals surface area contributed by atoms with Crippen molar-refractivity contribution >= 4 is 11.6 Å². The fourth-order valence-corrected chi connectivity index (χ4v) is 1.73. The van der Waals surface area contributed by atoms with E-state index in [9.17, 15) is 0 Å². The van der Waals surface area contributed by atoms with Crippen molar-refractivity contribution in [2.24, 2.45) is 0 Å². The summed E-state index contributed by atoms with van der Waals surface area (Å²) in [5.41, 5.74) is 1.37. The second kappa shape index (κ2) is 5.64. The van der Waals surface area contributed by atoms with Crippen LogP contribution in [0.2, 0.25) is 5.02 Å². The summed E-state index contributed by atoms with van der Waals surface area (Å²) in [6, 6.07) is 12.5. The molecule has 0 heterocycles. The smallest absolute Gasteiger partial charge is 0.148 e. The van der Waals surface area contributed by atoms with E-state index in [4.69, 9.17) is 26.3 Å². The second-order valence-corrected chi connectivity index (χ2v) is 4.39. The van der Waals surface area contributed by atoms with Gasteiger partial charge in [0.25, 0.3) is 0 Å². The molecule has 0 radical (unpaired) electrons. The van der Waals surface area contributed by atoms with Crippen LogP contribution in [0.15, 0.2) is 36.4 Å². The Bertz CT molecular complexity index is 647. The second-order valence-electron chi connectivity index (χ2n) is 3.99. The van der Waals surface area contributed by atoms with Gasteiger partial charge in [-0.1, -0.05) is 11.6 Å². The van der Waals surface area contributed by atoms with E-state index in [1.807, 2.05) is 13.0 Å². The van der Waals surface area contributed by atoms with Gasteiger partial charge >= 0.3 is 0 Å². The fourth-order valence-electron chi connectivity index (χ4n) is 1.61. The third-order valence-electron chi connectivity index (χ3n) is 2.67. The number of hydrogen-bond donors (Lipinski definition) is 0. The van der Waals surface area contributed by atoms with E-state index >= 15 is 0 Å². The van der Waals surface area contributed by atoms with E-state index in [-0.39, 0.29) is 0 Å². The molecule has 2 rings (SSSR count). The highest BCUT2D eigenvalue weighted by molar-refractivity contribution is 6.31. The van der Waals surface area contributed by atoms with Crippen molar-refractivity contribution in [1.82, 2.24) is 0 Å². The average molecular weight is 274 g/mol. The molecule has 0 spiro atoms. The molecule has 0 aliphatic rings. The van der Waals surface area contributed by atoms with E-state index in [2.05, 4.69) is 6.07 Å². The van der Waals surface area contributed by atoms with Crippen molar-refractivity contribution < 1.29 is 9.47 Å². The molecule has 0 atom stereocenters. The van der Waals surface area contributed by atoms with Crippen LogP contribution >= 0.6 is 11.6 Å². The van der Waals surface area contributed by atoms with Crippen LogP contribution in [0.5, 0.6) is 17.2 Å². The molecule has 4 heteroatoms. The Morgan fingerprint density at radius 3 is 2.47 bits per heavy atom. The number of nitrogens with zero attached hydrogens (tertiary/aromatic N) is 1. The molecule has 2 aromatic carbocycles. The van der Waals surface area contributed by atoms with Crippen LogP contribution in [0.25, 0.3) is 0 Å². The van der Waals surface area contributed by atoms with Crippen LogP contribution in [-0.2, 0) is 0 Å². The lowest BCUT2D eigenvalue weighted by atomic mass is 10.2. The van der Waals surface area contributed by atoms with Gasteiger partial charge in [0.05, 0.1) is 12.7 Å². The van der Waals surface area contributed by atoms with Crippen molar-refractivity contribution in [3.05, 3.63) is 52.5 Å². The first-order valence-corrected chi connectivity index (χ1v) is 6.04. The van der Waals surface area contributed by atoms with Crippen LogP contribution in [-0.4, -0.2) is 7.11 Å². The molecule has 19 heavy (non-hydrogen) atoms. The minimum atomic E-state index is 0.452. The summed E-state index contributed by atoms with van der Waals surface area (Å²) in [7, 11) is 1.57. The summed E-state index contributed by atoms with van der Waals surface area (Å²) >= 11 is 5.96. The molecular formula is C15H12ClNO2. The highest BCUT2D eigenvalue weighted by Crippen LogP contribution is 2.30. The van der Waals surface area contributed by atoms with Crippen LogP contribution in [0, 0.1) is 18.3 Å². The van der Waals surface area contributed by atoms with Gasteiger partial charge in [0.1, 0.15) is 23.3 Å². The molecule has 0 fully saturated rings. The summed E-state index contributed by atoms with van der Waals surface area (Å²) in [4.78, 5) is 0. The lowest BCUT2D eigenvalue weighted by molar-refractivity contribution is 0.409. The van der Waals surface area contributed by atoms with Crippen LogP contribution in [0.1, 0.15) is 11.1 Å². The first-order valence-electron chi connectivity index (χ1n) is 5.66. The Labute approximate surface area is 117 Å². The summed E-state index contributed by atoms with van der Waals surface area (Å²) in [5.74, 6) is 1.73. The summed E-state index contributed by atoms with van der Waals surface area (Å²) in [6.07, 6.45) is 0. The quantitative estimate of drug-likeness (QED) is 0.836. The van der Waals surface area contributed by atoms with Crippen molar-refractivity contribution in [3.8, 4) is 23.3 Å². The minimum absolute atomic E-state index is 0.452. The number of halogens is 1. The van der Waals surface area contributed by atoms with Gasteiger partial charge in [0.15, 0.2) is 0 Å². The van der Waals surface area contributed by atoms with Gasteiger partial charge in [-0.3, -0.25) is 0 Å². The zero-order valence-corrected chi connectivity index (χ0v) is 11.4. The Morgan fingerprint density at radius 1 is 1.11 bits per heavy atom. The van der Waals surface area contributed by atoms with Crippen molar-refractivity contribution in [1.29, 1.82) is 5.26 Å². The summed E-state index contributed by atoms with van der Waals surface area (Å²) in [5, 5.41) is 9.75. The zero-order chi connectivity index (χ0) is 13.8. The molecule has 96 valence electrons.